The molecule has 5 rings (SSSR count). The van der Waals surface area contributed by atoms with Gasteiger partial charge in [-0.05, 0) is 74.7 Å². The van der Waals surface area contributed by atoms with Gasteiger partial charge in [0.25, 0.3) is 0 Å². The van der Waals surface area contributed by atoms with Crippen molar-refractivity contribution in [3.8, 4) is 0 Å². The van der Waals surface area contributed by atoms with Crippen LogP contribution in [0.4, 0.5) is 0 Å². The Kier molecular flexibility index (Phi) is 2.73. The van der Waals surface area contributed by atoms with E-state index in [2.05, 4.69) is 4.57 Å². The minimum absolute atomic E-state index is 0.466. The van der Waals surface area contributed by atoms with Gasteiger partial charge in [0.15, 0.2) is 0 Å². The summed E-state index contributed by atoms with van der Waals surface area (Å²) in [6, 6.07) is 1.76. The highest BCUT2D eigenvalue weighted by molar-refractivity contribution is 5.88. The number of carboxylic acid groups (broad SMARTS) is 1. The van der Waals surface area contributed by atoms with Gasteiger partial charge in [0.05, 0.1) is 5.56 Å². The summed E-state index contributed by atoms with van der Waals surface area (Å²) < 4.78 is 2.19. The normalized spacial score (nSPS) is 38.4. The average Bonchev–Trinajstić information content (AvgIpc) is 2.74. The number of nitrogens with zero attached hydrogens (tertiary/aromatic N) is 1. The summed E-state index contributed by atoms with van der Waals surface area (Å²) >= 11 is 0. The Labute approximate surface area is 120 Å². The van der Waals surface area contributed by atoms with Crippen LogP contribution < -0.4 is 0 Å². The largest absolute Gasteiger partial charge is 0.478 e. The molecule has 108 valence electrons. The third kappa shape index (κ3) is 1.82. The van der Waals surface area contributed by atoms with Crippen molar-refractivity contribution in [3.05, 3.63) is 23.5 Å². The second kappa shape index (κ2) is 4.37. The van der Waals surface area contributed by atoms with E-state index in [1.165, 1.54) is 32.1 Å². The highest BCUT2D eigenvalue weighted by Gasteiger charge is 2.48. The Balaban J connectivity index is 1.56. The van der Waals surface area contributed by atoms with E-state index in [9.17, 15) is 9.90 Å². The summed E-state index contributed by atoms with van der Waals surface area (Å²) in [5, 5.41) is 9.17. The van der Waals surface area contributed by atoms with E-state index in [1.807, 2.05) is 13.1 Å². The van der Waals surface area contributed by atoms with Gasteiger partial charge in [0, 0.05) is 18.4 Å². The molecule has 4 bridgehead atoms. The highest BCUT2D eigenvalue weighted by Crippen LogP contribution is 2.56. The van der Waals surface area contributed by atoms with Crippen LogP contribution in [0.1, 0.15) is 48.2 Å². The molecule has 1 heterocycles. The fourth-order valence-corrected chi connectivity index (χ4v) is 5.54. The number of hydrogen-bond acceptors (Lipinski definition) is 1. The lowest BCUT2D eigenvalue weighted by atomic mass is 9.52. The molecule has 0 spiro atoms. The maximum Gasteiger partial charge on any atom is 0.337 e. The van der Waals surface area contributed by atoms with Crippen LogP contribution in [0.5, 0.6) is 0 Å². The predicted octanol–water partition coefficient (Wildman–Crippen LogP) is 3.57. The number of aromatic nitrogens is 1. The molecule has 0 radical (unpaired) electrons. The molecule has 1 aromatic rings. The molecule has 4 aliphatic rings. The van der Waals surface area contributed by atoms with Crippen molar-refractivity contribution < 1.29 is 9.90 Å². The van der Waals surface area contributed by atoms with Gasteiger partial charge in [-0.15, -0.1) is 0 Å². The van der Waals surface area contributed by atoms with E-state index in [0.29, 0.717) is 5.56 Å². The number of carboxylic acids is 1. The maximum atomic E-state index is 11.2. The highest BCUT2D eigenvalue weighted by atomic mass is 16.4. The Morgan fingerprint density at radius 2 is 1.80 bits per heavy atom. The summed E-state index contributed by atoms with van der Waals surface area (Å²) in [5.74, 6) is 3.81. The average molecular weight is 273 g/mol. The van der Waals surface area contributed by atoms with E-state index in [1.54, 1.807) is 6.07 Å². The number of hydrogen-bond donors (Lipinski definition) is 1. The van der Waals surface area contributed by atoms with Crippen molar-refractivity contribution in [2.24, 2.45) is 29.6 Å². The molecule has 0 aliphatic heterocycles. The lowest BCUT2D eigenvalue weighted by Crippen LogP contribution is -2.46. The molecular weight excluding hydrogens is 250 g/mol. The third-order valence-corrected chi connectivity index (χ3v) is 6.30. The standard InChI is InChI=1S/C17H23NO2/c1-10-15(17(19)20)2-3-18(10)9-16-13-5-11-4-12(7-13)8-14(16)6-11/h2-3,11-14,16H,4-9H2,1H3,(H,19,20). The van der Waals surface area contributed by atoms with Crippen molar-refractivity contribution in [1.82, 2.24) is 4.57 Å². The van der Waals surface area contributed by atoms with E-state index in [0.717, 1.165) is 41.8 Å². The van der Waals surface area contributed by atoms with Crippen molar-refractivity contribution in [3.63, 3.8) is 0 Å². The van der Waals surface area contributed by atoms with Crippen LogP contribution in [0.2, 0.25) is 0 Å². The molecule has 3 nitrogen and oxygen atoms in total. The molecule has 0 unspecified atom stereocenters. The Bertz CT molecular complexity index is 517. The van der Waals surface area contributed by atoms with Gasteiger partial charge in [-0.2, -0.15) is 0 Å². The van der Waals surface area contributed by atoms with E-state index in [4.69, 9.17) is 0 Å². The van der Waals surface area contributed by atoms with Gasteiger partial charge >= 0.3 is 5.97 Å². The maximum absolute atomic E-state index is 11.2. The zero-order chi connectivity index (χ0) is 13.9. The van der Waals surface area contributed by atoms with Crippen molar-refractivity contribution in [1.29, 1.82) is 0 Å². The number of aromatic carboxylic acids is 1. The zero-order valence-electron chi connectivity index (χ0n) is 12.1. The van der Waals surface area contributed by atoms with Crippen molar-refractivity contribution in [2.45, 2.75) is 45.6 Å². The number of rotatable bonds is 3. The third-order valence-electron chi connectivity index (χ3n) is 6.30. The Morgan fingerprint density at radius 1 is 1.20 bits per heavy atom. The molecule has 1 N–H and O–H groups in total. The van der Waals surface area contributed by atoms with Gasteiger partial charge in [-0.3, -0.25) is 0 Å². The predicted molar refractivity (Wildman–Crippen MR) is 76.7 cm³/mol. The van der Waals surface area contributed by atoms with E-state index < -0.39 is 5.97 Å². The lowest BCUT2D eigenvalue weighted by Gasteiger charge is -2.54. The van der Waals surface area contributed by atoms with Gasteiger partial charge in [-0.25, -0.2) is 4.79 Å². The molecule has 3 heteroatoms. The van der Waals surface area contributed by atoms with Gasteiger partial charge in [0.2, 0.25) is 0 Å². The van der Waals surface area contributed by atoms with Crippen LogP contribution in [0, 0.1) is 36.5 Å². The van der Waals surface area contributed by atoms with Crippen molar-refractivity contribution in [2.75, 3.05) is 0 Å². The first-order valence-corrected chi connectivity index (χ1v) is 8.01. The summed E-state index contributed by atoms with van der Waals surface area (Å²) in [6.07, 6.45) is 9.20. The molecule has 0 aromatic carbocycles. The topological polar surface area (TPSA) is 42.2 Å². The van der Waals surface area contributed by atoms with Crippen LogP contribution in [-0.4, -0.2) is 15.6 Å². The van der Waals surface area contributed by atoms with Gasteiger partial charge in [-0.1, -0.05) is 0 Å². The molecule has 0 amide bonds. The van der Waals surface area contributed by atoms with Crippen LogP contribution in [0.3, 0.4) is 0 Å². The first kappa shape index (κ1) is 12.5. The molecular formula is C17H23NO2. The van der Waals surface area contributed by atoms with Crippen molar-refractivity contribution >= 4 is 5.97 Å². The molecule has 1 aromatic heterocycles. The number of carbonyl (C=O) groups is 1. The summed E-state index contributed by atoms with van der Waals surface area (Å²) in [5.41, 5.74) is 1.39. The summed E-state index contributed by atoms with van der Waals surface area (Å²) in [6.45, 7) is 2.98. The SMILES string of the molecule is Cc1c(C(=O)O)ccn1CC1C2CC3CC(C2)CC1C3. The first-order valence-electron chi connectivity index (χ1n) is 8.01. The Morgan fingerprint density at radius 3 is 2.30 bits per heavy atom. The quantitative estimate of drug-likeness (QED) is 0.914. The van der Waals surface area contributed by atoms with E-state index >= 15 is 0 Å². The smallest absolute Gasteiger partial charge is 0.337 e. The second-order valence-corrected chi connectivity index (χ2v) is 7.37. The molecule has 4 aliphatic carbocycles. The monoisotopic (exact) mass is 273 g/mol. The first-order chi connectivity index (χ1) is 9.61. The molecule has 0 atom stereocenters. The fraction of sp³-hybridized carbons (Fsp3) is 0.706. The van der Waals surface area contributed by atoms with Gasteiger partial charge < -0.3 is 9.67 Å². The zero-order valence-corrected chi connectivity index (χ0v) is 12.1. The van der Waals surface area contributed by atoms with Crippen LogP contribution in [0.25, 0.3) is 0 Å². The lowest BCUT2D eigenvalue weighted by molar-refractivity contribution is -0.0431. The Hall–Kier alpha value is -1.25. The minimum atomic E-state index is -0.800. The minimum Gasteiger partial charge on any atom is -0.478 e. The molecule has 20 heavy (non-hydrogen) atoms. The molecule has 0 saturated heterocycles. The summed E-state index contributed by atoms with van der Waals surface area (Å²) in [4.78, 5) is 11.2. The van der Waals surface area contributed by atoms with E-state index in [-0.39, 0.29) is 0 Å². The van der Waals surface area contributed by atoms with Crippen LogP contribution >= 0.6 is 0 Å². The second-order valence-electron chi connectivity index (χ2n) is 7.37. The van der Waals surface area contributed by atoms with Gasteiger partial charge in [0.1, 0.15) is 0 Å². The van der Waals surface area contributed by atoms with Crippen LogP contribution in [0.15, 0.2) is 12.3 Å². The molecule has 4 saturated carbocycles. The van der Waals surface area contributed by atoms with Crippen LogP contribution in [-0.2, 0) is 6.54 Å². The summed E-state index contributed by atoms with van der Waals surface area (Å²) in [7, 11) is 0. The fourth-order valence-electron chi connectivity index (χ4n) is 5.54. The molecule has 4 fully saturated rings.